The van der Waals surface area contributed by atoms with Crippen molar-refractivity contribution < 1.29 is 10.2 Å². The van der Waals surface area contributed by atoms with E-state index in [2.05, 4.69) is 0 Å². The van der Waals surface area contributed by atoms with Crippen molar-refractivity contribution in [2.24, 2.45) is 0 Å². The summed E-state index contributed by atoms with van der Waals surface area (Å²) in [5.41, 5.74) is -0.273. The van der Waals surface area contributed by atoms with Gasteiger partial charge in [-0.1, -0.05) is 0 Å². The summed E-state index contributed by atoms with van der Waals surface area (Å²) in [5, 5.41) is 30.7. The molecule has 0 aliphatic heterocycles. The highest BCUT2D eigenvalue weighted by molar-refractivity contribution is 6.30. The molecule has 4 heteroatoms. The third kappa shape index (κ3) is 2.34. The normalized spacial score (nSPS) is 16.3. The SMILES string of the molecule is C[C@@H](O)[C@H](O)C(=N)C=N. The number of rotatable bonds is 3. The Morgan fingerprint density at radius 1 is 1.56 bits per heavy atom. The van der Waals surface area contributed by atoms with Gasteiger partial charge in [0.05, 0.1) is 11.8 Å². The van der Waals surface area contributed by atoms with Gasteiger partial charge in [0.25, 0.3) is 0 Å². The Kier molecular flexibility index (Phi) is 3.05. The molecule has 0 spiro atoms. The van der Waals surface area contributed by atoms with Gasteiger partial charge < -0.3 is 21.0 Å². The molecule has 0 amide bonds. The van der Waals surface area contributed by atoms with Crippen molar-refractivity contribution in [1.29, 1.82) is 10.8 Å². The quantitative estimate of drug-likeness (QED) is 0.384. The first-order valence-corrected chi connectivity index (χ1v) is 2.54. The van der Waals surface area contributed by atoms with Crippen molar-refractivity contribution in [2.75, 3.05) is 0 Å². The summed E-state index contributed by atoms with van der Waals surface area (Å²) in [5.74, 6) is 0. The van der Waals surface area contributed by atoms with Gasteiger partial charge in [-0.2, -0.15) is 0 Å². The minimum absolute atomic E-state index is 0.273. The summed E-state index contributed by atoms with van der Waals surface area (Å²) in [4.78, 5) is 0. The van der Waals surface area contributed by atoms with Crippen LogP contribution in [0.2, 0.25) is 0 Å². The number of aliphatic hydroxyl groups is 2. The molecule has 0 saturated carbocycles. The van der Waals surface area contributed by atoms with E-state index >= 15 is 0 Å². The first-order valence-electron chi connectivity index (χ1n) is 2.54. The van der Waals surface area contributed by atoms with Crippen molar-refractivity contribution in [3.05, 3.63) is 0 Å². The fourth-order valence-corrected chi connectivity index (χ4v) is 0.345. The molecule has 0 radical (unpaired) electrons. The third-order valence-electron chi connectivity index (χ3n) is 0.931. The first kappa shape index (κ1) is 8.26. The maximum absolute atomic E-state index is 8.77. The van der Waals surface area contributed by atoms with Crippen LogP contribution in [0.25, 0.3) is 0 Å². The molecule has 0 unspecified atom stereocenters. The van der Waals surface area contributed by atoms with Gasteiger partial charge >= 0.3 is 0 Å². The average molecular weight is 130 g/mol. The van der Waals surface area contributed by atoms with Crippen LogP contribution in [0, 0.1) is 10.8 Å². The summed E-state index contributed by atoms with van der Waals surface area (Å²) in [7, 11) is 0. The molecule has 0 heterocycles. The van der Waals surface area contributed by atoms with E-state index in [4.69, 9.17) is 21.0 Å². The maximum Gasteiger partial charge on any atom is 0.122 e. The van der Waals surface area contributed by atoms with Gasteiger partial charge in [0.2, 0.25) is 0 Å². The zero-order valence-electron chi connectivity index (χ0n) is 5.13. The number of nitrogens with one attached hydrogen (secondary N) is 2. The Bertz CT molecular complexity index is 122. The lowest BCUT2D eigenvalue weighted by Crippen LogP contribution is -2.31. The van der Waals surface area contributed by atoms with E-state index in [1.807, 2.05) is 0 Å². The second-order valence-electron chi connectivity index (χ2n) is 1.79. The molecule has 0 fully saturated rings. The van der Waals surface area contributed by atoms with Crippen LogP contribution in [-0.4, -0.2) is 34.3 Å². The van der Waals surface area contributed by atoms with Gasteiger partial charge in [0, 0.05) is 6.21 Å². The molecule has 0 rings (SSSR count). The fourth-order valence-electron chi connectivity index (χ4n) is 0.345. The van der Waals surface area contributed by atoms with Crippen LogP contribution in [0.5, 0.6) is 0 Å². The highest BCUT2D eigenvalue weighted by Crippen LogP contribution is 1.91. The van der Waals surface area contributed by atoms with Crippen LogP contribution >= 0.6 is 0 Å². The predicted molar refractivity (Wildman–Crippen MR) is 34.2 cm³/mol. The Balaban J connectivity index is 3.87. The Hall–Kier alpha value is -0.740. The molecule has 0 aromatic rings. The van der Waals surface area contributed by atoms with Crippen LogP contribution in [0.4, 0.5) is 0 Å². The number of aliphatic hydroxyl groups excluding tert-OH is 2. The molecule has 0 aliphatic rings. The lowest BCUT2D eigenvalue weighted by Gasteiger charge is -2.10. The van der Waals surface area contributed by atoms with E-state index in [0.29, 0.717) is 6.21 Å². The topological polar surface area (TPSA) is 88.2 Å². The molecular weight excluding hydrogens is 120 g/mol. The van der Waals surface area contributed by atoms with E-state index in [1.54, 1.807) is 0 Å². The van der Waals surface area contributed by atoms with Crippen molar-refractivity contribution in [3.8, 4) is 0 Å². The van der Waals surface area contributed by atoms with Gasteiger partial charge in [-0.05, 0) is 6.92 Å². The predicted octanol–water partition coefficient (Wildman–Crippen LogP) is -0.603. The van der Waals surface area contributed by atoms with Crippen LogP contribution in [0.1, 0.15) is 6.92 Å². The first-order chi connectivity index (χ1) is 4.09. The second-order valence-corrected chi connectivity index (χ2v) is 1.79. The molecule has 52 valence electrons. The molecule has 0 aromatic carbocycles. The maximum atomic E-state index is 8.77. The highest BCUT2D eigenvalue weighted by Gasteiger charge is 2.13. The monoisotopic (exact) mass is 130 g/mol. The lowest BCUT2D eigenvalue weighted by molar-refractivity contribution is 0.0745. The van der Waals surface area contributed by atoms with E-state index in [-0.39, 0.29) is 5.71 Å². The largest absolute Gasteiger partial charge is 0.390 e. The van der Waals surface area contributed by atoms with Crippen molar-refractivity contribution in [2.45, 2.75) is 19.1 Å². The van der Waals surface area contributed by atoms with Crippen molar-refractivity contribution >= 4 is 11.9 Å². The van der Waals surface area contributed by atoms with Gasteiger partial charge in [-0.25, -0.2) is 0 Å². The molecule has 9 heavy (non-hydrogen) atoms. The molecule has 2 atom stereocenters. The smallest absolute Gasteiger partial charge is 0.122 e. The van der Waals surface area contributed by atoms with Crippen LogP contribution in [0.15, 0.2) is 0 Å². The van der Waals surface area contributed by atoms with E-state index in [0.717, 1.165) is 0 Å². The summed E-state index contributed by atoms with van der Waals surface area (Å²) < 4.78 is 0. The van der Waals surface area contributed by atoms with Crippen molar-refractivity contribution in [3.63, 3.8) is 0 Å². The summed E-state index contributed by atoms with van der Waals surface area (Å²) in [6, 6.07) is 0. The molecule has 0 bridgehead atoms. The average Bonchev–Trinajstić information content (AvgIpc) is 1.84. The van der Waals surface area contributed by atoms with Crippen molar-refractivity contribution in [1.82, 2.24) is 0 Å². The summed E-state index contributed by atoms with van der Waals surface area (Å²) in [6.07, 6.45) is -1.49. The molecular formula is C5H10N2O2. The zero-order chi connectivity index (χ0) is 7.44. The Morgan fingerprint density at radius 3 is 2.11 bits per heavy atom. The highest BCUT2D eigenvalue weighted by atomic mass is 16.3. The van der Waals surface area contributed by atoms with Gasteiger partial charge in [-0.15, -0.1) is 0 Å². The van der Waals surface area contributed by atoms with E-state index in [9.17, 15) is 0 Å². The van der Waals surface area contributed by atoms with Gasteiger partial charge in [0.1, 0.15) is 6.10 Å². The minimum Gasteiger partial charge on any atom is -0.390 e. The van der Waals surface area contributed by atoms with E-state index < -0.39 is 12.2 Å². The van der Waals surface area contributed by atoms with Crippen LogP contribution in [0.3, 0.4) is 0 Å². The van der Waals surface area contributed by atoms with Gasteiger partial charge in [0.15, 0.2) is 0 Å². The summed E-state index contributed by atoms with van der Waals surface area (Å²) in [6.45, 7) is 1.36. The minimum atomic E-state index is -1.22. The molecule has 0 aliphatic carbocycles. The van der Waals surface area contributed by atoms with Crippen LogP contribution < -0.4 is 0 Å². The third-order valence-corrected chi connectivity index (χ3v) is 0.931. The number of hydrogen-bond donors (Lipinski definition) is 4. The zero-order valence-corrected chi connectivity index (χ0v) is 5.13. The second kappa shape index (κ2) is 3.32. The Labute approximate surface area is 53.2 Å². The molecule has 0 aromatic heterocycles. The van der Waals surface area contributed by atoms with E-state index in [1.165, 1.54) is 6.92 Å². The Morgan fingerprint density at radius 2 is 2.00 bits per heavy atom. The molecule has 4 nitrogen and oxygen atoms in total. The van der Waals surface area contributed by atoms with Crippen LogP contribution in [-0.2, 0) is 0 Å². The molecule has 4 N–H and O–H groups in total. The number of hydrogen-bond acceptors (Lipinski definition) is 4. The standard InChI is InChI=1S/C5H10N2O2/c1-3(8)5(9)4(7)2-6/h2-3,5-9H,1H3/t3-,5+/m1/s1. The summed E-state index contributed by atoms with van der Waals surface area (Å²) >= 11 is 0. The fraction of sp³-hybridized carbons (Fsp3) is 0.600. The van der Waals surface area contributed by atoms with Gasteiger partial charge in [-0.3, -0.25) is 0 Å². The molecule has 0 saturated heterocycles. The lowest BCUT2D eigenvalue weighted by atomic mass is 10.1.